The van der Waals surface area contributed by atoms with Gasteiger partial charge in [0.2, 0.25) is 0 Å². The molecule has 1 aromatic rings. The largest absolute Gasteiger partial charge is 0.353 e. The van der Waals surface area contributed by atoms with Gasteiger partial charge in [0, 0.05) is 6.42 Å². The Bertz CT molecular complexity index is 487. The Morgan fingerprint density at radius 1 is 1.30 bits per heavy atom. The van der Waals surface area contributed by atoms with E-state index in [4.69, 9.17) is 37.9 Å². The molecular formula is C15H17Cl2NO2. The van der Waals surface area contributed by atoms with Crippen LogP contribution in [0.15, 0.2) is 18.2 Å². The van der Waals surface area contributed by atoms with Crippen molar-refractivity contribution in [3.63, 3.8) is 0 Å². The summed E-state index contributed by atoms with van der Waals surface area (Å²) in [6.45, 7) is 0.562. The third-order valence-electron chi connectivity index (χ3n) is 3.27. The molecule has 1 aromatic carbocycles. The second kappa shape index (κ2) is 7.85. The Labute approximate surface area is 129 Å². The summed E-state index contributed by atoms with van der Waals surface area (Å²) in [5.41, 5.74) is 1.03. The van der Waals surface area contributed by atoms with Crippen molar-refractivity contribution < 1.29 is 9.47 Å². The van der Waals surface area contributed by atoms with Crippen LogP contribution in [0, 0.1) is 11.3 Å². The van der Waals surface area contributed by atoms with E-state index in [1.165, 1.54) is 0 Å². The van der Waals surface area contributed by atoms with E-state index in [-0.39, 0.29) is 12.4 Å². The summed E-state index contributed by atoms with van der Waals surface area (Å²) in [6.07, 6.45) is 3.96. The van der Waals surface area contributed by atoms with Gasteiger partial charge in [0.1, 0.15) is 0 Å². The lowest BCUT2D eigenvalue weighted by molar-refractivity contribution is -0.196. The van der Waals surface area contributed by atoms with Crippen molar-refractivity contribution in [2.24, 2.45) is 0 Å². The van der Waals surface area contributed by atoms with Gasteiger partial charge in [0.05, 0.1) is 28.8 Å². The highest BCUT2D eigenvalue weighted by molar-refractivity contribution is 6.42. The van der Waals surface area contributed by atoms with Crippen LogP contribution in [-0.4, -0.2) is 12.9 Å². The highest BCUT2D eigenvalue weighted by Crippen LogP contribution is 2.34. The predicted octanol–water partition coefficient (Wildman–Crippen LogP) is 4.88. The van der Waals surface area contributed by atoms with E-state index in [1.807, 2.05) is 12.1 Å². The normalized spacial score (nSPS) is 22.4. The van der Waals surface area contributed by atoms with Crippen molar-refractivity contribution in [2.45, 2.75) is 44.5 Å². The second-order valence-electron chi connectivity index (χ2n) is 4.79. The first-order chi connectivity index (χ1) is 9.70. The van der Waals surface area contributed by atoms with Gasteiger partial charge in [-0.2, -0.15) is 5.26 Å². The summed E-state index contributed by atoms with van der Waals surface area (Å²) in [5, 5.41) is 9.58. The van der Waals surface area contributed by atoms with Crippen molar-refractivity contribution in [2.75, 3.05) is 6.61 Å². The predicted molar refractivity (Wildman–Crippen MR) is 78.7 cm³/mol. The molecule has 1 aliphatic rings. The Hall–Kier alpha value is -0.790. The van der Waals surface area contributed by atoms with Crippen molar-refractivity contribution >= 4 is 23.2 Å². The lowest BCUT2D eigenvalue weighted by Crippen LogP contribution is -2.25. The first-order valence-corrected chi connectivity index (χ1v) is 7.55. The topological polar surface area (TPSA) is 42.2 Å². The number of unbranched alkanes of at least 4 members (excludes halogenated alkanes) is 1. The van der Waals surface area contributed by atoms with Crippen LogP contribution >= 0.6 is 23.2 Å². The van der Waals surface area contributed by atoms with Gasteiger partial charge in [-0.25, -0.2) is 0 Å². The molecule has 3 nitrogen and oxygen atoms in total. The molecule has 0 N–H and O–H groups in total. The molecule has 2 atom stereocenters. The van der Waals surface area contributed by atoms with Crippen LogP contribution in [0.5, 0.6) is 0 Å². The van der Waals surface area contributed by atoms with Crippen LogP contribution in [0.1, 0.15) is 43.8 Å². The zero-order chi connectivity index (χ0) is 14.4. The maximum atomic E-state index is 8.48. The highest BCUT2D eigenvalue weighted by atomic mass is 35.5. The molecule has 2 unspecified atom stereocenters. The fraction of sp³-hybridized carbons (Fsp3) is 0.533. The number of rotatable bonds is 5. The molecule has 108 valence electrons. The Morgan fingerprint density at radius 3 is 2.90 bits per heavy atom. The minimum atomic E-state index is -0.193. The van der Waals surface area contributed by atoms with Crippen molar-refractivity contribution in [1.82, 2.24) is 0 Å². The number of nitrogens with zero attached hydrogens (tertiary/aromatic N) is 1. The average molecular weight is 314 g/mol. The molecule has 1 heterocycles. The van der Waals surface area contributed by atoms with Gasteiger partial charge >= 0.3 is 0 Å². The van der Waals surface area contributed by atoms with Crippen LogP contribution < -0.4 is 0 Å². The quantitative estimate of drug-likeness (QED) is 0.727. The molecule has 1 saturated heterocycles. The zero-order valence-electron chi connectivity index (χ0n) is 11.1. The summed E-state index contributed by atoms with van der Waals surface area (Å²) in [7, 11) is 0. The summed E-state index contributed by atoms with van der Waals surface area (Å²) in [6, 6.07) is 7.69. The SMILES string of the molecule is N#CCCCOC1CCCC(c2ccc(Cl)c(Cl)c2)O1. The summed E-state index contributed by atoms with van der Waals surface area (Å²) < 4.78 is 11.6. The molecule has 0 aromatic heterocycles. The first-order valence-electron chi connectivity index (χ1n) is 6.79. The van der Waals surface area contributed by atoms with E-state index in [9.17, 15) is 0 Å². The standard InChI is InChI=1S/C15H17Cl2NO2/c16-12-7-6-11(10-13(12)17)14-4-3-5-15(20-14)19-9-2-1-8-18/h6-7,10,14-15H,1-5,9H2. The van der Waals surface area contributed by atoms with Crippen LogP contribution in [-0.2, 0) is 9.47 Å². The van der Waals surface area contributed by atoms with E-state index in [2.05, 4.69) is 6.07 Å². The number of halogens is 2. The minimum absolute atomic E-state index is 0.000478. The van der Waals surface area contributed by atoms with Crippen LogP contribution in [0.2, 0.25) is 10.0 Å². The van der Waals surface area contributed by atoms with Crippen LogP contribution in [0.4, 0.5) is 0 Å². The van der Waals surface area contributed by atoms with Gasteiger partial charge in [0.15, 0.2) is 6.29 Å². The molecule has 1 fully saturated rings. The van der Waals surface area contributed by atoms with E-state index in [0.29, 0.717) is 23.1 Å². The van der Waals surface area contributed by atoms with Gasteiger partial charge < -0.3 is 9.47 Å². The molecular weight excluding hydrogens is 297 g/mol. The van der Waals surface area contributed by atoms with Gasteiger partial charge in [-0.3, -0.25) is 0 Å². The van der Waals surface area contributed by atoms with Gasteiger partial charge in [-0.1, -0.05) is 29.3 Å². The number of benzene rings is 1. The van der Waals surface area contributed by atoms with Crippen molar-refractivity contribution in [3.8, 4) is 6.07 Å². The summed E-state index contributed by atoms with van der Waals surface area (Å²) >= 11 is 12.0. The number of hydrogen-bond donors (Lipinski definition) is 0. The smallest absolute Gasteiger partial charge is 0.158 e. The lowest BCUT2D eigenvalue weighted by atomic mass is 10.0. The van der Waals surface area contributed by atoms with Crippen LogP contribution in [0.3, 0.4) is 0 Å². The summed E-state index contributed by atoms with van der Waals surface area (Å²) in [5.74, 6) is 0. The molecule has 0 radical (unpaired) electrons. The summed E-state index contributed by atoms with van der Waals surface area (Å²) in [4.78, 5) is 0. The van der Waals surface area contributed by atoms with E-state index >= 15 is 0 Å². The molecule has 0 aliphatic carbocycles. The van der Waals surface area contributed by atoms with Crippen molar-refractivity contribution in [1.29, 1.82) is 5.26 Å². The number of nitriles is 1. The van der Waals surface area contributed by atoms with Crippen LogP contribution in [0.25, 0.3) is 0 Å². The highest BCUT2D eigenvalue weighted by Gasteiger charge is 2.24. The Balaban J connectivity index is 1.89. The first kappa shape index (κ1) is 15.6. The average Bonchev–Trinajstić information content (AvgIpc) is 2.47. The maximum Gasteiger partial charge on any atom is 0.158 e. The minimum Gasteiger partial charge on any atom is -0.353 e. The molecule has 2 rings (SSSR count). The van der Waals surface area contributed by atoms with Crippen molar-refractivity contribution in [3.05, 3.63) is 33.8 Å². The number of ether oxygens (including phenoxy) is 2. The molecule has 5 heteroatoms. The molecule has 0 saturated carbocycles. The van der Waals surface area contributed by atoms with E-state index in [1.54, 1.807) is 6.07 Å². The van der Waals surface area contributed by atoms with Gasteiger partial charge in [-0.15, -0.1) is 0 Å². The monoisotopic (exact) mass is 313 g/mol. The third kappa shape index (κ3) is 4.36. The molecule has 0 spiro atoms. The van der Waals surface area contributed by atoms with Gasteiger partial charge in [0.25, 0.3) is 0 Å². The second-order valence-corrected chi connectivity index (χ2v) is 5.61. The molecule has 1 aliphatic heterocycles. The molecule has 0 amide bonds. The lowest BCUT2D eigenvalue weighted by Gasteiger charge is -2.30. The third-order valence-corrected chi connectivity index (χ3v) is 4.01. The fourth-order valence-electron chi connectivity index (χ4n) is 2.24. The van der Waals surface area contributed by atoms with E-state index < -0.39 is 0 Å². The van der Waals surface area contributed by atoms with Gasteiger partial charge in [-0.05, 0) is 43.4 Å². The fourth-order valence-corrected chi connectivity index (χ4v) is 2.54. The Kier molecular flexibility index (Phi) is 6.12. The molecule has 0 bridgehead atoms. The number of hydrogen-bond acceptors (Lipinski definition) is 3. The van der Waals surface area contributed by atoms with E-state index in [0.717, 1.165) is 31.2 Å². The Morgan fingerprint density at radius 2 is 2.15 bits per heavy atom. The zero-order valence-corrected chi connectivity index (χ0v) is 12.7. The maximum absolute atomic E-state index is 8.48. The molecule has 20 heavy (non-hydrogen) atoms.